The molecule has 6 heteroatoms. The molecule has 1 aromatic heterocycles. The molecule has 21 heavy (non-hydrogen) atoms. The summed E-state index contributed by atoms with van der Waals surface area (Å²) in [6.45, 7) is 2.58. The van der Waals surface area contributed by atoms with Crippen LogP contribution in [0.1, 0.15) is 6.42 Å². The number of imidazole rings is 1. The number of amides is 1. The van der Waals surface area contributed by atoms with E-state index in [0.717, 1.165) is 48.1 Å². The minimum atomic E-state index is 0.184. The lowest BCUT2D eigenvalue weighted by Gasteiger charge is -2.24. The van der Waals surface area contributed by atoms with E-state index in [-0.39, 0.29) is 5.91 Å². The van der Waals surface area contributed by atoms with Gasteiger partial charge in [0, 0.05) is 43.6 Å². The minimum absolute atomic E-state index is 0.184. The average molecular weight is 302 g/mol. The summed E-state index contributed by atoms with van der Waals surface area (Å²) in [5.74, 6) is 3.16. The van der Waals surface area contributed by atoms with Crippen LogP contribution in [0.25, 0.3) is 11.0 Å². The molecule has 0 bridgehead atoms. The Morgan fingerprint density at radius 2 is 2.29 bits per heavy atom. The van der Waals surface area contributed by atoms with Gasteiger partial charge < -0.3 is 9.88 Å². The first-order chi connectivity index (χ1) is 10.3. The van der Waals surface area contributed by atoms with Gasteiger partial charge in [0.1, 0.15) is 0 Å². The van der Waals surface area contributed by atoms with Crippen LogP contribution in [0.5, 0.6) is 0 Å². The van der Waals surface area contributed by atoms with Gasteiger partial charge in [-0.05, 0) is 12.1 Å². The van der Waals surface area contributed by atoms with E-state index in [4.69, 9.17) is 0 Å². The van der Waals surface area contributed by atoms with Crippen molar-refractivity contribution < 1.29 is 4.79 Å². The van der Waals surface area contributed by atoms with Crippen LogP contribution in [0, 0.1) is 0 Å². The molecule has 0 spiro atoms. The summed E-state index contributed by atoms with van der Waals surface area (Å²) < 4.78 is 2.15. The number of benzene rings is 1. The minimum Gasteiger partial charge on any atom is -0.312 e. The van der Waals surface area contributed by atoms with Crippen molar-refractivity contribution in [3.8, 4) is 0 Å². The number of aromatic nitrogens is 2. The van der Waals surface area contributed by atoms with Gasteiger partial charge in [-0.2, -0.15) is 11.8 Å². The Morgan fingerprint density at radius 3 is 3.14 bits per heavy atom. The van der Waals surface area contributed by atoms with Crippen molar-refractivity contribution in [1.29, 1.82) is 0 Å². The summed E-state index contributed by atoms with van der Waals surface area (Å²) >= 11 is 1.92. The number of para-hydroxylation sites is 2. The van der Waals surface area contributed by atoms with Crippen LogP contribution in [0.15, 0.2) is 24.3 Å². The second kappa shape index (κ2) is 5.35. The fourth-order valence-corrected chi connectivity index (χ4v) is 4.05. The van der Waals surface area contributed by atoms with E-state index in [2.05, 4.69) is 20.9 Å². The van der Waals surface area contributed by atoms with E-state index in [9.17, 15) is 4.79 Å². The van der Waals surface area contributed by atoms with Gasteiger partial charge in [0.25, 0.3) is 0 Å². The van der Waals surface area contributed by atoms with E-state index in [0.29, 0.717) is 12.5 Å². The summed E-state index contributed by atoms with van der Waals surface area (Å²) in [5.41, 5.74) is 2.09. The maximum absolute atomic E-state index is 12.6. The number of carbonyl (C=O) groups excluding carboxylic acids is 1. The Balaban J connectivity index is 1.56. The topological polar surface area (TPSA) is 50.2 Å². The largest absolute Gasteiger partial charge is 0.312 e. The molecule has 1 unspecified atom stereocenters. The normalized spacial score (nSPS) is 21.7. The third-order valence-electron chi connectivity index (χ3n) is 4.14. The van der Waals surface area contributed by atoms with Gasteiger partial charge in [-0.25, -0.2) is 4.98 Å². The molecule has 5 nitrogen and oxygen atoms in total. The zero-order valence-electron chi connectivity index (χ0n) is 11.8. The number of thioether (sulfide) groups is 1. The standard InChI is InChI=1S/C15H18N4OS/c20-14(9-11-10-21-8-5-16-11)19-7-6-18-13-4-2-1-3-12(13)17-15(18)19/h1-4,11,16H,5-10H2. The zero-order chi connectivity index (χ0) is 14.2. The lowest BCUT2D eigenvalue weighted by molar-refractivity contribution is -0.118. The first-order valence-corrected chi connectivity index (χ1v) is 8.55. The zero-order valence-corrected chi connectivity index (χ0v) is 12.6. The van der Waals surface area contributed by atoms with E-state index < -0.39 is 0 Å². The van der Waals surface area contributed by atoms with Crippen LogP contribution in [0.2, 0.25) is 0 Å². The number of carbonyl (C=O) groups is 1. The van der Waals surface area contributed by atoms with Crippen LogP contribution >= 0.6 is 11.8 Å². The van der Waals surface area contributed by atoms with Gasteiger partial charge in [0.2, 0.25) is 11.9 Å². The van der Waals surface area contributed by atoms with Gasteiger partial charge >= 0.3 is 0 Å². The molecule has 1 N–H and O–H groups in total. The van der Waals surface area contributed by atoms with E-state index in [1.54, 1.807) is 0 Å². The van der Waals surface area contributed by atoms with Gasteiger partial charge in [0.15, 0.2) is 0 Å². The Labute approximate surface area is 127 Å². The number of anilines is 1. The molecule has 1 atom stereocenters. The fourth-order valence-electron chi connectivity index (χ4n) is 3.10. The van der Waals surface area contributed by atoms with Crippen molar-refractivity contribution in [3.63, 3.8) is 0 Å². The molecule has 110 valence electrons. The Bertz CT molecular complexity index is 677. The van der Waals surface area contributed by atoms with Gasteiger partial charge in [0.05, 0.1) is 11.0 Å². The third-order valence-corrected chi connectivity index (χ3v) is 5.27. The molecular weight excluding hydrogens is 284 g/mol. The Hall–Kier alpha value is -1.53. The first-order valence-electron chi connectivity index (χ1n) is 7.40. The number of rotatable bonds is 2. The van der Waals surface area contributed by atoms with Crippen LogP contribution in [-0.4, -0.2) is 46.1 Å². The molecular formula is C15H18N4OS. The van der Waals surface area contributed by atoms with Crippen molar-refractivity contribution in [2.75, 3.05) is 29.5 Å². The molecule has 4 rings (SSSR count). The number of hydrogen-bond acceptors (Lipinski definition) is 4. The van der Waals surface area contributed by atoms with Crippen molar-refractivity contribution in [2.24, 2.45) is 0 Å². The van der Waals surface area contributed by atoms with Crippen LogP contribution in [-0.2, 0) is 11.3 Å². The van der Waals surface area contributed by atoms with Crippen LogP contribution < -0.4 is 10.2 Å². The van der Waals surface area contributed by atoms with E-state index in [1.165, 1.54) is 0 Å². The summed E-state index contributed by atoms with van der Waals surface area (Å²) in [6.07, 6.45) is 0.566. The summed E-state index contributed by atoms with van der Waals surface area (Å²) in [7, 11) is 0. The molecule has 3 heterocycles. The van der Waals surface area contributed by atoms with Crippen molar-refractivity contribution in [2.45, 2.75) is 19.0 Å². The summed E-state index contributed by atoms with van der Waals surface area (Å²) in [5, 5.41) is 3.43. The highest BCUT2D eigenvalue weighted by atomic mass is 32.2. The van der Waals surface area contributed by atoms with Gasteiger partial charge in [-0.3, -0.25) is 9.69 Å². The lowest BCUT2D eigenvalue weighted by atomic mass is 10.2. The second-order valence-corrected chi connectivity index (χ2v) is 6.68. The molecule has 2 aromatic rings. The van der Waals surface area contributed by atoms with Crippen LogP contribution in [0.4, 0.5) is 5.95 Å². The lowest BCUT2D eigenvalue weighted by Crippen LogP contribution is -2.42. The van der Waals surface area contributed by atoms with Crippen molar-refractivity contribution in [3.05, 3.63) is 24.3 Å². The molecule has 1 saturated heterocycles. The average Bonchev–Trinajstić information content (AvgIpc) is 3.07. The number of fused-ring (bicyclic) bond motifs is 3. The number of nitrogens with zero attached hydrogens (tertiary/aromatic N) is 3. The highest BCUT2D eigenvalue weighted by molar-refractivity contribution is 7.99. The number of hydrogen-bond donors (Lipinski definition) is 1. The fraction of sp³-hybridized carbons (Fsp3) is 0.467. The molecule has 1 amide bonds. The molecule has 0 radical (unpaired) electrons. The molecule has 2 aliphatic heterocycles. The molecule has 1 aromatic carbocycles. The molecule has 0 aliphatic carbocycles. The Kier molecular flexibility index (Phi) is 3.35. The first kappa shape index (κ1) is 13.2. The summed E-state index contributed by atoms with van der Waals surface area (Å²) in [4.78, 5) is 19.1. The molecule has 0 saturated carbocycles. The summed E-state index contributed by atoms with van der Waals surface area (Å²) in [6, 6.07) is 8.38. The monoisotopic (exact) mass is 302 g/mol. The van der Waals surface area contributed by atoms with Crippen LogP contribution in [0.3, 0.4) is 0 Å². The van der Waals surface area contributed by atoms with Crippen molar-refractivity contribution >= 4 is 34.7 Å². The Morgan fingerprint density at radius 1 is 1.38 bits per heavy atom. The van der Waals surface area contributed by atoms with Gasteiger partial charge in [-0.1, -0.05) is 12.1 Å². The highest BCUT2D eigenvalue weighted by Gasteiger charge is 2.29. The predicted octanol–water partition coefficient (Wildman–Crippen LogP) is 1.48. The number of nitrogens with one attached hydrogen (secondary N) is 1. The van der Waals surface area contributed by atoms with Crippen molar-refractivity contribution in [1.82, 2.24) is 14.9 Å². The second-order valence-electron chi connectivity index (χ2n) is 5.53. The maximum atomic E-state index is 12.6. The smallest absolute Gasteiger partial charge is 0.230 e. The quantitative estimate of drug-likeness (QED) is 0.913. The van der Waals surface area contributed by atoms with Gasteiger partial charge in [-0.15, -0.1) is 0 Å². The SMILES string of the molecule is O=C(CC1CSCCN1)N1CCn2c1nc1ccccc12. The highest BCUT2D eigenvalue weighted by Crippen LogP contribution is 2.27. The maximum Gasteiger partial charge on any atom is 0.230 e. The predicted molar refractivity (Wildman–Crippen MR) is 85.8 cm³/mol. The third kappa shape index (κ3) is 2.32. The molecule has 2 aliphatic rings. The van der Waals surface area contributed by atoms with E-state index >= 15 is 0 Å². The molecule has 1 fully saturated rings. The van der Waals surface area contributed by atoms with E-state index in [1.807, 2.05) is 34.9 Å².